The molecule has 10 heavy (non-hydrogen) atoms. The minimum absolute atomic E-state index is 0.0965. The van der Waals surface area contributed by atoms with Crippen molar-refractivity contribution in [3.8, 4) is 0 Å². The Morgan fingerprint density at radius 2 is 2.10 bits per heavy atom. The van der Waals surface area contributed by atoms with Crippen LogP contribution in [-0.4, -0.2) is 31.9 Å². The average molecular weight is 164 g/mol. The molecule has 0 bridgehead atoms. The van der Waals surface area contributed by atoms with Crippen LogP contribution in [0.3, 0.4) is 0 Å². The first-order valence-electron chi connectivity index (χ1n) is 2.96. The Labute approximate surface area is 61.2 Å². The van der Waals surface area contributed by atoms with Crippen LogP contribution in [-0.2, 0) is 8.85 Å². The van der Waals surface area contributed by atoms with E-state index in [4.69, 9.17) is 9.59 Å². The molecule has 0 atom stereocenters. The highest BCUT2D eigenvalue weighted by molar-refractivity contribution is 6.50. The van der Waals surface area contributed by atoms with E-state index in [2.05, 4.69) is 15.4 Å². The quantitative estimate of drug-likeness (QED) is 0.430. The van der Waals surface area contributed by atoms with Crippen LogP contribution >= 0.6 is 0 Å². The van der Waals surface area contributed by atoms with Gasteiger partial charge in [0, 0.05) is 6.61 Å². The van der Waals surface area contributed by atoms with Crippen molar-refractivity contribution in [2.75, 3.05) is 13.2 Å². The Morgan fingerprint density at radius 1 is 1.50 bits per heavy atom. The third kappa shape index (κ3) is 4.65. The van der Waals surface area contributed by atoms with Gasteiger partial charge in [0.2, 0.25) is 0 Å². The second kappa shape index (κ2) is 4.59. The maximum absolute atomic E-state index is 8.85. The normalized spacial score (nSPS) is 11.5. The van der Waals surface area contributed by atoms with Gasteiger partial charge < -0.3 is 18.4 Å². The van der Waals surface area contributed by atoms with E-state index in [0.29, 0.717) is 0 Å². The van der Waals surface area contributed by atoms with Crippen molar-refractivity contribution in [2.24, 2.45) is 0 Å². The Morgan fingerprint density at radius 3 is 2.50 bits per heavy atom. The molecule has 0 aliphatic rings. The molecule has 0 rings (SSSR count). The van der Waals surface area contributed by atoms with Crippen molar-refractivity contribution in [3.05, 3.63) is 12.7 Å². The lowest BCUT2D eigenvalue weighted by molar-refractivity contribution is 0.0363. The molecule has 0 radical (unpaired) electrons. The molecule has 0 heterocycles. The fourth-order valence-electron chi connectivity index (χ4n) is 0.397. The predicted molar refractivity (Wildman–Crippen MR) is 38.0 cm³/mol. The Hall–Kier alpha value is -0.203. The number of hydrogen-bond donors (Lipinski definition) is 2. The summed E-state index contributed by atoms with van der Waals surface area (Å²) in [6, 6.07) is 0. The Balaban J connectivity index is 3.51. The van der Waals surface area contributed by atoms with Gasteiger partial charge in [0.15, 0.2) is 0 Å². The van der Waals surface area contributed by atoms with Crippen LogP contribution < -0.4 is 0 Å². The van der Waals surface area contributed by atoms with Gasteiger partial charge >= 0.3 is 9.05 Å². The SMILES string of the molecule is C=CCO[Si](O)(O)OCC. The molecular formula is C5H12O4Si. The van der Waals surface area contributed by atoms with Crippen LogP contribution in [0, 0.1) is 0 Å². The van der Waals surface area contributed by atoms with Crippen molar-refractivity contribution < 1.29 is 18.4 Å². The van der Waals surface area contributed by atoms with Gasteiger partial charge in [-0.1, -0.05) is 6.08 Å². The van der Waals surface area contributed by atoms with Gasteiger partial charge in [-0.15, -0.1) is 6.58 Å². The molecule has 0 aromatic carbocycles. The first-order chi connectivity index (χ1) is 4.62. The van der Waals surface area contributed by atoms with Gasteiger partial charge in [-0.25, -0.2) is 0 Å². The molecule has 2 N–H and O–H groups in total. The van der Waals surface area contributed by atoms with E-state index in [-0.39, 0.29) is 13.2 Å². The minimum Gasteiger partial charge on any atom is -0.367 e. The van der Waals surface area contributed by atoms with Crippen LogP contribution in [0.25, 0.3) is 0 Å². The topological polar surface area (TPSA) is 58.9 Å². The van der Waals surface area contributed by atoms with Crippen LogP contribution in [0.2, 0.25) is 0 Å². The molecule has 0 spiro atoms. The third-order valence-electron chi connectivity index (χ3n) is 0.722. The fourth-order valence-corrected chi connectivity index (χ4v) is 1.19. The summed E-state index contributed by atoms with van der Waals surface area (Å²) >= 11 is 0. The summed E-state index contributed by atoms with van der Waals surface area (Å²) in [6.45, 7) is 5.33. The molecule has 4 nitrogen and oxygen atoms in total. The maximum Gasteiger partial charge on any atom is 0.674 e. The molecule has 0 fully saturated rings. The first-order valence-corrected chi connectivity index (χ1v) is 4.67. The third-order valence-corrected chi connectivity index (χ3v) is 1.93. The van der Waals surface area contributed by atoms with Crippen LogP contribution in [0.5, 0.6) is 0 Å². The highest BCUT2D eigenvalue weighted by atomic mass is 28.4. The summed E-state index contributed by atoms with van der Waals surface area (Å²) in [5.41, 5.74) is 0. The molecule has 0 aliphatic heterocycles. The summed E-state index contributed by atoms with van der Waals surface area (Å²) in [4.78, 5) is 17.7. The standard InChI is InChI=1S/C5H12O4Si/c1-3-5-9-10(6,7)8-4-2/h3,6-7H,1,4-5H2,2H3. The fraction of sp³-hybridized carbons (Fsp3) is 0.600. The molecule has 0 unspecified atom stereocenters. The summed E-state index contributed by atoms with van der Waals surface area (Å²) in [7, 11) is -3.80. The summed E-state index contributed by atoms with van der Waals surface area (Å²) in [6.07, 6.45) is 1.42. The number of hydrogen-bond acceptors (Lipinski definition) is 4. The van der Waals surface area contributed by atoms with E-state index in [1.165, 1.54) is 6.08 Å². The second-order valence-corrected chi connectivity index (χ2v) is 3.26. The predicted octanol–water partition coefficient (Wildman–Crippen LogP) is -0.354. The van der Waals surface area contributed by atoms with E-state index in [1.807, 2.05) is 0 Å². The molecule has 0 aromatic rings. The van der Waals surface area contributed by atoms with Crippen molar-refractivity contribution in [3.63, 3.8) is 0 Å². The van der Waals surface area contributed by atoms with Crippen LogP contribution in [0.4, 0.5) is 0 Å². The molecule has 0 saturated heterocycles. The molecule has 0 saturated carbocycles. The highest BCUT2D eigenvalue weighted by Gasteiger charge is 2.34. The molecular weight excluding hydrogens is 152 g/mol. The second-order valence-electron chi connectivity index (χ2n) is 1.58. The largest absolute Gasteiger partial charge is 0.674 e. The summed E-state index contributed by atoms with van der Waals surface area (Å²) < 4.78 is 9.04. The zero-order chi connectivity index (χ0) is 8.04. The lowest BCUT2D eigenvalue weighted by Gasteiger charge is -2.14. The van der Waals surface area contributed by atoms with E-state index in [1.54, 1.807) is 6.92 Å². The summed E-state index contributed by atoms with van der Waals surface area (Å²) in [5.74, 6) is 0. The van der Waals surface area contributed by atoms with E-state index < -0.39 is 9.05 Å². The zero-order valence-electron chi connectivity index (χ0n) is 5.91. The smallest absolute Gasteiger partial charge is 0.367 e. The van der Waals surface area contributed by atoms with Crippen molar-refractivity contribution in [2.45, 2.75) is 6.92 Å². The van der Waals surface area contributed by atoms with E-state index in [9.17, 15) is 0 Å². The highest BCUT2D eigenvalue weighted by Crippen LogP contribution is 1.96. The zero-order valence-corrected chi connectivity index (χ0v) is 6.91. The van der Waals surface area contributed by atoms with Gasteiger partial charge in [-0.2, -0.15) is 0 Å². The van der Waals surface area contributed by atoms with Crippen molar-refractivity contribution in [1.82, 2.24) is 0 Å². The summed E-state index contributed by atoms with van der Waals surface area (Å²) in [5, 5.41) is 0. The Kier molecular flexibility index (Phi) is 4.49. The van der Waals surface area contributed by atoms with Crippen molar-refractivity contribution in [1.29, 1.82) is 0 Å². The van der Waals surface area contributed by atoms with E-state index in [0.717, 1.165) is 0 Å². The van der Waals surface area contributed by atoms with Crippen molar-refractivity contribution >= 4 is 9.05 Å². The monoisotopic (exact) mass is 164 g/mol. The van der Waals surface area contributed by atoms with Crippen LogP contribution in [0.15, 0.2) is 12.7 Å². The lowest BCUT2D eigenvalue weighted by atomic mass is 10.7. The van der Waals surface area contributed by atoms with Gasteiger partial charge in [0.05, 0.1) is 6.61 Å². The van der Waals surface area contributed by atoms with E-state index >= 15 is 0 Å². The van der Waals surface area contributed by atoms with Gasteiger partial charge in [0.25, 0.3) is 0 Å². The van der Waals surface area contributed by atoms with Crippen LogP contribution in [0.1, 0.15) is 6.92 Å². The lowest BCUT2D eigenvalue weighted by Crippen LogP contribution is -2.42. The molecule has 0 aliphatic carbocycles. The average Bonchev–Trinajstić information content (AvgIpc) is 1.84. The molecule has 0 amide bonds. The van der Waals surface area contributed by atoms with Gasteiger partial charge in [0.1, 0.15) is 0 Å². The Bertz CT molecular complexity index is 104. The maximum atomic E-state index is 8.85. The van der Waals surface area contributed by atoms with Gasteiger partial charge in [-0.05, 0) is 6.92 Å². The molecule has 0 aromatic heterocycles. The number of rotatable bonds is 5. The molecule has 60 valence electrons. The minimum atomic E-state index is -3.80. The molecule has 5 heteroatoms. The van der Waals surface area contributed by atoms with Gasteiger partial charge in [-0.3, -0.25) is 0 Å². The first kappa shape index (κ1) is 9.80.